The molecule has 0 aromatic carbocycles. The summed E-state index contributed by atoms with van der Waals surface area (Å²) in [6.45, 7) is 0.367. The van der Waals surface area contributed by atoms with E-state index < -0.39 is 11.9 Å². The number of alkyl halides is 3. The highest BCUT2D eigenvalue weighted by Crippen LogP contribution is 2.29. The van der Waals surface area contributed by atoms with Crippen LogP contribution < -0.4 is 5.32 Å². The number of aliphatic hydroxyl groups is 1. The van der Waals surface area contributed by atoms with Crippen molar-refractivity contribution in [3.8, 4) is 6.07 Å². The number of anilines is 1. The molecule has 2 N–H and O–H groups in total. The Morgan fingerprint density at radius 1 is 1.33 bits per heavy atom. The van der Waals surface area contributed by atoms with Crippen molar-refractivity contribution in [2.75, 3.05) is 18.5 Å². The van der Waals surface area contributed by atoms with Crippen molar-refractivity contribution in [3.63, 3.8) is 0 Å². The van der Waals surface area contributed by atoms with Gasteiger partial charge < -0.3 is 10.4 Å². The van der Waals surface area contributed by atoms with Gasteiger partial charge in [-0.3, -0.25) is 0 Å². The van der Waals surface area contributed by atoms with Crippen molar-refractivity contribution in [1.82, 2.24) is 4.98 Å². The first-order valence-corrected chi connectivity index (χ1v) is 5.32. The molecule has 98 valence electrons. The Morgan fingerprint density at radius 2 is 2.06 bits per heavy atom. The summed E-state index contributed by atoms with van der Waals surface area (Å²) in [5.41, 5.74) is -0.974. The summed E-state index contributed by atoms with van der Waals surface area (Å²) in [5, 5.41) is 20.0. The fourth-order valence-corrected chi connectivity index (χ4v) is 1.29. The topological polar surface area (TPSA) is 68.9 Å². The number of nitrogens with zero attached hydrogens (tertiary/aromatic N) is 2. The summed E-state index contributed by atoms with van der Waals surface area (Å²) in [6.07, 6.45) is -3.41. The highest BCUT2D eigenvalue weighted by atomic mass is 19.4. The number of aromatic nitrogens is 1. The fraction of sp³-hybridized carbons (Fsp3) is 0.455. The molecule has 0 fully saturated rings. The van der Waals surface area contributed by atoms with Crippen molar-refractivity contribution in [2.24, 2.45) is 0 Å². The normalized spacial score (nSPS) is 11.1. The SMILES string of the molecule is N#Cc1ccc(C(F)(F)F)nc1NCCCCO. The predicted molar refractivity (Wildman–Crippen MR) is 58.8 cm³/mol. The molecular weight excluding hydrogens is 247 g/mol. The van der Waals surface area contributed by atoms with E-state index >= 15 is 0 Å². The van der Waals surface area contributed by atoms with E-state index in [0.717, 1.165) is 12.1 Å². The van der Waals surface area contributed by atoms with Crippen LogP contribution in [0.5, 0.6) is 0 Å². The molecule has 0 saturated carbocycles. The van der Waals surface area contributed by atoms with Gasteiger partial charge in [0.25, 0.3) is 0 Å². The second-order valence-corrected chi connectivity index (χ2v) is 3.56. The molecule has 0 aliphatic rings. The number of unbranched alkanes of at least 4 members (excludes halogenated alkanes) is 1. The van der Waals surface area contributed by atoms with E-state index in [4.69, 9.17) is 10.4 Å². The standard InChI is InChI=1S/C11H12F3N3O/c12-11(13,14)9-4-3-8(7-15)10(17-9)16-5-1-2-6-18/h3-4,18H,1-2,5-6H2,(H,16,17). The van der Waals surface area contributed by atoms with Crippen molar-refractivity contribution in [3.05, 3.63) is 23.4 Å². The number of rotatable bonds is 5. The summed E-state index contributed by atoms with van der Waals surface area (Å²) < 4.78 is 37.3. The minimum atomic E-state index is -4.53. The molecule has 1 rings (SSSR count). The zero-order chi connectivity index (χ0) is 13.6. The van der Waals surface area contributed by atoms with Gasteiger partial charge in [-0.15, -0.1) is 0 Å². The average Bonchev–Trinajstić information content (AvgIpc) is 2.33. The van der Waals surface area contributed by atoms with Gasteiger partial charge in [0.15, 0.2) is 0 Å². The van der Waals surface area contributed by atoms with Gasteiger partial charge in [-0.1, -0.05) is 0 Å². The first-order chi connectivity index (χ1) is 8.49. The Bertz CT molecular complexity index is 440. The Morgan fingerprint density at radius 3 is 2.61 bits per heavy atom. The largest absolute Gasteiger partial charge is 0.433 e. The number of aliphatic hydroxyl groups excluding tert-OH is 1. The number of nitriles is 1. The summed E-state index contributed by atoms with van der Waals surface area (Å²) in [6, 6.07) is 3.64. The third-order valence-corrected chi connectivity index (χ3v) is 2.18. The van der Waals surface area contributed by atoms with E-state index in [1.165, 1.54) is 0 Å². The lowest BCUT2D eigenvalue weighted by molar-refractivity contribution is -0.141. The van der Waals surface area contributed by atoms with Crippen LogP contribution in [0, 0.1) is 11.3 Å². The smallest absolute Gasteiger partial charge is 0.396 e. The lowest BCUT2D eigenvalue weighted by Crippen LogP contribution is -2.12. The Balaban J connectivity index is 2.83. The van der Waals surface area contributed by atoms with Crippen molar-refractivity contribution < 1.29 is 18.3 Å². The summed E-state index contributed by atoms with van der Waals surface area (Å²) in [4.78, 5) is 3.39. The number of pyridine rings is 1. The van der Waals surface area contributed by atoms with Crippen LogP contribution in [-0.2, 0) is 6.18 Å². The molecule has 0 unspecified atom stereocenters. The van der Waals surface area contributed by atoms with E-state index in [0.29, 0.717) is 19.4 Å². The number of hydrogen-bond acceptors (Lipinski definition) is 4. The zero-order valence-corrected chi connectivity index (χ0v) is 9.46. The molecule has 0 radical (unpaired) electrons. The maximum absolute atomic E-state index is 12.4. The van der Waals surface area contributed by atoms with E-state index in [1.807, 2.05) is 0 Å². The van der Waals surface area contributed by atoms with Gasteiger partial charge in [-0.25, -0.2) is 4.98 Å². The molecule has 1 aromatic rings. The van der Waals surface area contributed by atoms with Gasteiger partial charge in [-0.2, -0.15) is 18.4 Å². The van der Waals surface area contributed by atoms with Gasteiger partial charge in [0.2, 0.25) is 0 Å². The quantitative estimate of drug-likeness (QED) is 0.795. The number of nitrogens with one attached hydrogen (secondary N) is 1. The first-order valence-electron chi connectivity index (χ1n) is 5.32. The van der Waals surface area contributed by atoms with Crippen LogP contribution in [0.3, 0.4) is 0 Å². The van der Waals surface area contributed by atoms with Gasteiger partial charge in [0, 0.05) is 13.2 Å². The molecule has 0 aliphatic carbocycles. The molecule has 0 aliphatic heterocycles. The highest BCUT2D eigenvalue weighted by Gasteiger charge is 2.33. The zero-order valence-electron chi connectivity index (χ0n) is 9.46. The molecular formula is C11H12F3N3O. The molecule has 1 aromatic heterocycles. The molecule has 0 saturated heterocycles. The first kappa shape index (κ1) is 14.3. The van der Waals surface area contributed by atoms with Crippen LogP contribution in [0.1, 0.15) is 24.1 Å². The molecule has 18 heavy (non-hydrogen) atoms. The maximum atomic E-state index is 12.4. The summed E-state index contributed by atoms with van der Waals surface area (Å²) in [7, 11) is 0. The highest BCUT2D eigenvalue weighted by molar-refractivity contribution is 5.52. The minimum absolute atomic E-state index is 0.0167. The van der Waals surface area contributed by atoms with Crippen LogP contribution >= 0.6 is 0 Å². The van der Waals surface area contributed by atoms with Crippen LogP contribution in [0.25, 0.3) is 0 Å². The third-order valence-electron chi connectivity index (χ3n) is 2.18. The van der Waals surface area contributed by atoms with Gasteiger partial charge in [-0.05, 0) is 25.0 Å². The molecule has 0 bridgehead atoms. The van der Waals surface area contributed by atoms with Crippen LogP contribution in [0.2, 0.25) is 0 Å². The Labute approximate surface area is 102 Å². The van der Waals surface area contributed by atoms with E-state index in [1.54, 1.807) is 6.07 Å². The summed E-state index contributed by atoms with van der Waals surface area (Å²) in [5.74, 6) is -0.0785. The van der Waals surface area contributed by atoms with E-state index in [2.05, 4.69) is 10.3 Å². The van der Waals surface area contributed by atoms with E-state index in [9.17, 15) is 13.2 Å². The van der Waals surface area contributed by atoms with Gasteiger partial charge in [0.05, 0.1) is 5.56 Å². The fourth-order valence-electron chi connectivity index (χ4n) is 1.29. The van der Waals surface area contributed by atoms with Crippen LogP contribution in [0.15, 0.2) is 12.1 Å². The second kappa shape index (κ2) is 6.21. The lowest BCUT2D eigenvalue weighted by Gasteiger charge is -2.10. The third kappa shape index (κ3) is 3.89. The molecule has 1 heterocycles. The molecule has 0 atom stereocenters. The van der Waals surface area contributed by atoms with Crippen LogP contribution in [0.4, 0.5) is 19.0 Å². The lowest BCUT2D eigenvalue weighted by atomic mass is 10.2. The molecule has 0 spiro atoms. The van der Waals surface area contributed by atoms with Crippen molar-refractivity contribution in [1.29, 1.82) is 5.26 Å². The van der Waals surface area contributed by atoms with Crippen molar-refractivity contribution >= 4 is 5.82 Å². The van der Waals surface area contributed by atoms with Crippen LogP contribution in [-0.4, -0.2) is 23.2 Å². The molecule has 7 heteroatoms. The average molecular weight is 259 g/mol. The maximum Gasteiger partial charge on any atom is 0.433 e. The monoisotopic (exact) mass is 259 g/mol. The van der Waals surface area contributed by atoms with Gasteiger partial charge >= 0.3 is 6.18 Å². The number of hydrogen-bond donors (Lipinski definition) is 2. The minimum Gasteiger partial charge on any atom is -0.396 e. The number of halogens is 3. The molecule has 4 nitrogen and oxygen atoms in total. The second-order valence-electron chi connectivity index (χ2n) is 3.56. The Kier molecular flexibility index (Phi) is 4.92. The van der Waals surface area contributed by atoms with E-state index in [-0.39, 0.29) is 18.0 Å². The molecule has 0 amide bonds. The Hall–Kier alpha value is -1.81. The van der Waals surface area contributed by atoms with Gasteiger partial charge in [0.1, 0.15) is 17.6 Å². The van der Waals surface area contributed by atoms with Crippen molar-refractivity contribution in [2.45, 2.75) is 19.0 Å². The predicted octanol–water partition coefficient (Wildman–Crippen LogP) is 2.16. The summed E-state index contributed by atoms with van der Waals surface area (Å²) >= 11 is 0.